The summed E-state index contributed by atoms with van der Waals surface area (Å²) >= 11 is 2.47. The fraction of sp³-hybridized carbons (Fsp3) is 0.200. The Bertz CT molecular complexity index is 1230. The Morgan fingerprint density at radius 3 is 2.76 bits per heavy atom. The Hall–Kier alpha value is -3.76. The van der Waals surface area contributed by atoms with Gasteiger partial charge in [0.1, 0.15) is 28.9 Å². The van der Waals surface area contributed by atoms with Crippen molar-refractivity contribution in [3.8, 4) is 11.8 Å². The SMILES string of the molecule is N#Cc1nc(SCC2=C(C(=O)O)N3C(=O)C(NC(=O)c4ccc(O)cc4)[C@@H]3SC2)ncc1N. The molecule has 168 valence electrons. The first-order valence-corrected chi connectivity index (χ1v) is 11.5. The number of phenols is 1. The van der Waals surface area contributed by atoms with Crippen molar-refractivity contribution < 1.29 is 24.6 Å². The Morgan fingerprint density at radius 1 is 1.36 bits per heavy atom. The van der Waals surface area contributed by atoms with E-state index in [1.165, 1.54) is 47.1 Å². The number of aromatic hydroxyl groups is 1. The second-order valence-electron chi connectivity index (χ2n) is 7.02. The predicted octanol–water partition coefficient (Wildman–Crippen LogP) is 0.781. The highest BCUT2D eigenvalue weighted by Gasteiger charge is 2.54. The number of carboxylic acid groups (broad SMARTS) is 1. The average molecular weight is 485 g/mol. The molecule has 1 fully saturated rings. The maximum absolute atomic E-state index is 12.8. The van der Waals surface area contributed by atoms with Crippen molar-refractivity contribution in [2.75, 3.05) is 17.2 Å². The van der Waals surface area contributed by atoms with Gasteiger partial charge in [-0.2, -0.15) is 5.26 Å². The predicted molar refractivity (Wildman–Crippen MR) is 119 cm³/mol. The summed E-state index contributed by atoms with van der Waals surface area (Å²) in [5, 5.41) is 30.5. The van der Waals surface area contributed by atoms with Crippen LogP contribution in [0.3, 0.4) is 0 Å². The van der Waals surface area contributed by atoms with Gasteiger partial charge < -0.3 is 21.3 Å². The summed E-state index contributed by atoms with van der Waals surface area (Å²) in [6, 6.07) is 6.57. The van der Waals surface area contributed by atoms with E-state index >= 15 is 0 Å². The van der Waals surface area contributed by atoms with Gasteiger partial charge in [0, 0.05) is 17.1 Å². The fourth-order valence-electron chi connectivity index (χ4n) is 3.32. The Kier molecular flexibility index (Phi) is 6.12. The van der Waals surface area contributed by atoms with Crippen LogP contribution in [0.15, 0.2) is 46.9 Å². The van der Waals surface area contributed by atoms with E-state index < -0.39 is 29.2 Å². The number of β-lactam (4-membered cyclic amide) rings is 1. The third-order valence-electron chi connectivity index (χ3n) is 4.94. The minimum absolute atomic E-state index is 0.00939. The molecule has 2 amide bonds. The van der Waals surface area contributed by atoms with Gasteiger partial charge in [-0.3, -0.25) is 14.5 Å². The van der Waals surface area contributed by atoms with Crippen molar-refractivity contribution in [2.45, 2.75) is 16.6 Å². The van der Waals surface area contributed by atoms with Gasteiger partial charge in [0.15, 0.2) is 10.9 Å². The van der Waals surface area contributed by atoms with Crippen LogP contribution in [0.25, 0.3) is 0 Å². The molecule has 2 aliphatic heterocycles. The first kappa shape index (κ1) is 22.4. The Balaban J connectivity index is 1.48. The minimum atomic E-state index is -1.25. The first-order chi connectivity index (χ1) is 15.8. The van der Waals surface area contributed by atoms with Gasteiger partial charge in [0.05, 0.1) is 11.9 Å². The normalized spacial score (nSPS) is 19.4. The number of nitrogens with two attached hydrogens (primary N) is 1. The fourth-order valence-corrected chi connectivity index (χ4v) is 5.62. The number of aliphatic carboxylic acids is 1. The summed E-state index contributed by atoms with van der Waals surface area (Å²) in [5.74, 6) is -1.72. The number of anilines is 1. The molecule has 0 bridgehead atoms. The number of hydrogen-bond donors (Lipinski definition) is 4. The summed E-state index contributed by atoms with van der Waals surface area (Å²) in [6.45, 7) is 0. The highest BCUT2D eigenvalue weighted by molar-refractivity contribution is 8.01. The van der Waals surface area contributed by atoms with Crippen molar-refractivity contribution in [3.63, 3.8) is 0 Å². The number of phenolic OH excluding ortho intramolecular Hbond substituents is 1. The molecule has 11 nitrogen and oxygen atoms in total. The minimum Gasteiger partial charge on any atom is -0.508 e. The highest BCUT2D eigenvalue weighted by Crippen LogP contribution is 2.41. The molecule has 0 spiro atoms. The van der Waals surface area contributed by atoms with E-state index in [-0.39, 0.29) is 39.3 Å². The molecular formula is C20H16N6O5S2. The summed E-state index contributed by atoms with van der Waals surface area (Å²) in [7, 11) is 0. The van der Waals surface area contributed by atoms with Crippen LogP contribution in [0.2, 0.25) is 0 Å². The number of carbonyl (C=O) groups excluding carboxylic acids is 2. The van der Waals surface area contributed by atoms with E-state index in [0.717, 1.165) is 11.8 Å². The van der Waals surface area contributed by atoms with Crippen molar-refractivity contribution >= 4 is 47.0 Å². The van der Waals surface area contributed by atoms with Crippen molar-refractivity contribution in [3.05, 3.63) is 53.0 Å². The smallest absolute Gasteiger partial charge is 0.352 e. The van der Waals surface area contributed by atoms with E-state index in [1.807, 2.05) is 6.07 Å². The van der Waals surface area contributed by atoms with Gasteiger partial charge in [0.2, 0.25) is 0 Å². The zero-order valence-electron chi connectivity index (χ0n) is 16.8. The molecule has 0 saturated carbocycles. The van der Waals surface area contributed by atoms with Gasteiger partial charge in [0.25, 0.3) is 11.8 Å². The lowest BCUT2D eigenvalue weighted by molar-refractivity contribution is -0.148. The molecule has 1 unspecified atom stereocenters. The summed E-state index contributed by atoms with van der Waals surface area (Å²) in [5.41, 5.74) is 6.45. The van der Waals surface area contributed by atoms with Crippen LogP contribution in [0, 0.1) is 11.3 Å². The summed E-state index contributed by atoms with van der Waals surface area (Å²) in [4.78, 5) is 46.4. The molecule has 2 aliphatic rings. The lowest BCUT2D eigenvalue weighted by atomic mass is 10.0. The third kappa shape index (κ3) is 4.30. The number of carboxylic acids is 1. The molecule has 0 radical (unpaired) electrons. The van der Waals surface area contributed by atoms with E-state index in [2.05, 4.69) is 15.3 Å². The molecule has 2 atom stereocenters. The lowest BCUT2D eigenvalue weighted by Gasteiger charge is -2.49. The number of rotatable bonds is 6. The van der Waals surface area contributed by atoms with Crippen molar-refractivity contribution in [1.29, 1.82) is 5.26 Å². The molecule has 1 saturated heterocycles. The van der Waals surface area contributed by atoms with Crippen LogP contribution in [0.5, 0.6) is 5.75 Å². The van der Waals surface area contributed by atoms with Crippen LogP contribution < -0.4 is 11.1 Å². The first-order valence-electron chi connectivity index (χ1n) is 9.45. The lowest BCUT2D eigenvalue weighted by Crippen LogP contribution is -2.70. The maximum atomic E-state index is 12.8. The van der Waals surface area contributed by atoms with Crippen LogP contribution in [0.4, 0.5) is 5.69 Å². The molecular weight excluding hydrogens is 468 g/mol. The van der Waals surface area contributed by atoms with E-state index in [4.69, 9.17) is 11.0 Å². The molecule has 4 rings (SSSR count). The number of carbonyl (C=O) groups is 3. The number of nitrogens with zero attached hydrogens (tertiary/aromatic N) is 4. The maximum Gasteiger partial charge on any atom is 0.352 e. The van der Waals surface area contributed by atoms with Gasteiger partial charge in [-0.05, 0) is 29.8 Å². The Morgan fingerprint density at radius 2 is 2.09 bits per heavy atom. The summed E-state index contributed by atoms with van der Waals surface area (Å²) in [6.07, 6.45) is 1.31. The van der Waals surface area contributed by atoms with Crippen LogP contribution in [-0.2, 0) is 9.59 Å². The second kappa shape index (κ2) is 9.00. The van der Waals surface area contributed by atoms with Crippen LogP contribution in [0.1, 0.15) is 16.1 Å². The Labute approximate surface area is 195 Å². The summed E-state index contributed by atoms with van der Waals surface area (Å²) < 4.78 is 0. The largest absolute Gasteiger partial charge is 0.508 e. The number of amides is 2. The average Bonchev–Trinajstić information content (AvgIpc) is 2.81. The van der Waals surface area contributed by atoms with Gasteiger partial charge in [-0.15, -0.1) is 11.8 Å². The number of thioether (sulfide) groups is 2. The van der Waals surface area contributed by atoms with Crippen molar-refractivity contribution in [2.24, 2.45) is 0 Å². The molecule has 5 N–H and O–H groups in total. The van der Waals surface area contributed by atoms with E-state index in [9.17, 15) is 24.6 Å². The van der Waals surface area contributed by atoms with E-state index in [0.29, 0.717) is 11.3 Å². The standard InChI is InChI=1S/C20H16N6O5S2/c21-5-13-12(22)6-23-20(24-13)33-8-10-7-32-18-14(17(29)26(18)15(10)19(30)31)25-16(28)9-1-3-11(27)4-2-9/h1-4,6,14,18,27H,7-8,22H2,(H,25,28)(H,30,31)/t14?,18-/m0/s1. The highest BCUT2D eigenvalue weighted by atomic mass is 32.2. The molecule has 1 aromatic carbocycles. The van der Waals surface area contributed by atoms with Crippen molar-refractivity contribution in [1.82, 2.24) is 20.2 Å². The second-order valence-corrected chi connectivity index (χ2v) is 9.07. The monoisotopic (exact) mass is 484 g/mol. The van der Waals surface area contributed by atoms with Gasteiger partial charge >= 0.3 is 5.97 Å². The molecule has 13 heteroatoms. The van der Waals surface area contributed by atoms with Gasteiger partial charge in [-0.1, -0.05) is 11.8 Å². The zero-order valence-corrected chi connectivity index (χ0v) is 18.4. The molecule has 0 aliphatic carbocycles. The number of hydrogen-bond acceptors (Lipinski definition) is 10. The number of fused-ring (bicyclic) bond motifs is 1. The molecule has 33 heavy (non-hydrogen) atoms. The number of nitrogens with one attached hydrogen (secondary N) is 1. The van der Waals surface area contributed by atoms with Crippen LogP contribution in [-0.4, -0.2) is 65.8 Å². The topological polar surface area (TPSA) is 183 Å². The number of aromatic nitrogens is 2. The van der Waals surface area contributed by atoms with Gasteiger partial charge in [-0.25, -0.2) is 14.8 Å². The number of nitriles is 1. The zero-order chi connectivity index (χ0) is 23.7. The third-order valence-corrected chi connectivity index (χ3v) is 7.23. The molecule has 2 aromatic rings. The number of nitrogen functional groups attached to an aromatic ring is 1. The number of benzene rings is 1. The van der Waals surface area contributed by atoms with E-state index in [1.54, 1.807) is 0 Å². The quantitative estimate of drug-likeness (QED) is 0.258. The molecule has 3 heterocycles. The molecule has 1 aromatic heterocycles. The van der Waals surface area contributed by atoms with Crippen LogP contribution >= 0.6 is 23.5 Å².